The minimum atomic E-state index is -1.18. The molecule has 0 aliphatic rings. The zero-order chi connectivity index (χ0) is 7.49. The van der Waals surface area contributed by atoms with Gasteiger partial charge in [-0.25, -0.2) is 0 Å². The second-order valence-corrected chi connectivity index (χ2v) is 7.53. The molecule has 0 aromatic rings. The quantitative estimate of drug-likeness (QED) is 0.545. The molecule has 54 valence electrons. The summed E-state index contributed by atoms with van der Waals surface area (Å²) in [6.07, 6.45) is 0. The Hall–Kier alpha value is -0.0831. The van der Waals surface area contributed by atoms with Crippen molar-refractivity contribution >= 4 is 8.24 Å². The fourth-order valence-corrected chi connectivity index (χ4v) is 1.93. The van der Waals surface area contributed by atoms with E-state index in [1.807, 2.05) is 0 Å². The lowest BCUT2D eigenvalue weighted by molar-refractivity contribution is 0.625. The highest BCUT2D eigenvalue weighted by Gasteiger charge is 2.22. The normalized spacial score (nSPS) is 17.4. The van der Waals surface area contributed by atoms with Crippen molar-refractivity contribution < 1.29 is 0 Å². The maximum Gasteiger partial charge on any atom is 0.148 e. The molecule has 0 amide bonds. The SMILES string of the molecule is C=C[Si](C)(CC)N(C)C. The third-order valence-corrected chi connectivity index (χ3v) is 6.53. The molecule has 2 heteroatoms. The van der Waals surface area contributed by atoms with Gasteiger partial charge in [-0.05, 0) is 20.1 Å². The van der Waals surface area contributed by atoms with E-state index in [4.69, 9.17) is 0 Å². The Morgan fingerprint density at radius 3 is 2.00 bits per heavy atom. The van der Waals surface area contributed by atoms with E-state index in [9.17, 15) is 0 Å². The predicted molar refractivity (Wildman–Crippen MR) is 46.0 cm³/mol. The number of nitrogens with zero attached hydrogens (tertiary/aromatic N) is 1. The van der Waals surface area contributed by atoms with Crippen LogP contribution in [0.5, 0.6) is 0 Å². The van der Waals surface area contributed by atoms with E-state index in [1.54, 1.807) is 0 Å². The highest BCUT2D eigenvalue weighted by Crippen LogP contribution is 2.11. The number of hydrogen-bond donors (Lipinski definition) is 0. The van der Waals surface area contributed by atoms with Crippen molar-refractivity contribution in [2.75, 3.05) is 14.1 Å². The molecule has 0 heterocycles. The van der Waals surface area contributed by atoms with Crippen LogP contribution in [0.3, 0.4) is 0 Å². The number of rotatable bonds is 3. The molecule has 0 saturated carbocycles. The molecule has 0 radical (unpaired) electrons. The zero-order valence-corrected chi connectivity index (χ0v) is 7.94. The Kier molecular flexibility index (Phi) is 3.15. The molecule has 0 fully saturated rings. The first-order chi connectivity index (χ1) is 4.06. The van der Waals surface area contributed by atoms with Crippen molar-refractivity contribution in [2.24, 2.45) is 0 Å². The lowest BCUT2D eigenvalue weighted by atomic mass is 11.0. The molecule has 9 heavy (non-hydrogen) atoms. The molecule has 1 unspecified atom stereocenters. The fraction of sp³-hybridized carbons (Fsp3) is 0.714. The van der Waals surface area contributed by atoms with Gasteiger partial charge in [0.2, 0.25) is 0 Å². The van der Waals surface area contributed by atoms with Crippen LogP contribution in [0.25, 0.3) is 0 Å². The molecule has 0 bridgehead atoms. The van der Waals surface area contributed by atoms with Crippen LogP contribution in [-0.4, -0.2) is 26.9 Å². The Bertz CT molecular complexity index is 101. The zero-order valence-electron chi connectivity index (χ0n) is 6.94. The van der Waals surface area contributed by atoms with Crippen LogP contribution >= 0.6 is 0 Å². The molecule has 0 aromatic carbocycles. The van der Waals surface area contributed by atoms with Crippen molar-refractivity contribution in [3.63, 3.8) is 0 Å². The minimum Gasteiger partial charge on any atom is -0.326 e. The third kappa shape index (κ3) is 1.95. The van der Waals surface area contributed by atoms with Gasteiger partial charge in [0.15, 0.2) is 0 Å². The first-order valence-corrected chi connectivity index (χ1v) is 6.11. The maximum atomic E-state index is 3.84. The summed E-state index contributed by atoms with van der Waals surface area (Å²) in [5, 5.41) is 0. The van der Waals surface area contributed by atoms with Gasteiger partial charge in [-0.3, -0.25) is 0 Å². The molecule has 0 aromatic heterocycles. The van der Waals surface area contributed by atoms with E-state index in [-0.39, 0.29) is 0 Å². The maximum absolute atomic E-state index is 3.84. The minimum absolute atomic E-state index is 1.18. The highest BCUT2D eigenvalue weighted by molar-refractivity contribution is 6.80. The van der Waals surface area contributed by atoms with Crippen LogP contribution in [0, 0.1) is 0 Å². The second kappa shape index (κ2) is 3.18. The first-order valence-electron chi connectivity index (χ1n) is 3.38. The summed E-state index contributed by atoms with van der Waals surface area (Å²) >= 11 is 0. The van der Waals surface area contributed by atoms with E-state index in [1.165, 1.54) is 6.04 Å². The smallest absolute Gasteiger partial charge is 0.148 e. The van der Waals surface area contributed by atoms with Gasteiger partial charge in [-0.2, -0.15) is 0 Å². The summed E-state index contributed by atoms with van der Waals surface area (Å²) in [4.78, 5) is 0. The van der Waals surface area contributed by atoms with Crippen molar-refractivity contribution in [1.82, 2.24) is 4.57 Å². The predicted octanol–water partition coefficient (Wildman–Crippen LogP) is 1.87. The van der Waals surface area contributed by atoms with E-state index in [0.29, 0.717) is 0 Å². The molecular weight excluding hydrogens is 126 g/mol. The van der Waals surface area contributed by atoms with E-state index in [0.717, 1.165) is 0 Å². The largest absolute Gasteiger partial charge is 0.326 e. The van der Waals surface area contributed by atoms with Gasteiger partial charge in [-0.1, -0.05) is 19.2 Å². The van der Waals surface area contributed by atoms with Crippen molar-refractivity contribution in [3.05, 3.63) is 12.3 Å². The Morgan fingerprint density at radius 1 is 1.56 bits per heavy atom. The molecule has 1 atom stereocenters. The van der Waals surface area contributed by atoms with Crippen LogP contribution in [0.1, 0.15) is 6.92 Å². The summed E-state index contributed by atoms with van der Waals surface area (Å²) in [5.74, 6) is 0. The summed E-state index contributed by atoms with van der Waals surface area (Å²) < 4.78 is 2.32. The first kappa shape index (κ1) is 8.92. The van der Waals surface area contributed by atoms with E-state index < -0.39 is 8.24 Å². The molecule has 0 rings (SSSR count). The summed E-state index contributed by atoms with van der Waals surface area (Å²) in [6.45, 7) is 8.39. The molecule has 0 aliphatic carbocycles. The Labute approximate surface area is 59.5 Å². The van der Waals surface area contributed by atoms with Crippen molar-refractivity contribution in [1.29, 1.82) is 0 Å². The summed E-state index contributed by atoms with van der Waals surface area (Å²) in [7, 11) is 3.10. The number of hydrogen-bond acceptors (Lipinski definition) is 1. The van der Waals surface area contributed by atoms with E-state index in [2.05, 4.69) is 44.4 Å². The average molecular weight is 143 g/mol. The van der Waals surface area contributed by atoms with Gasteiger partial charge in [0.25, 0.3) is 0 Å². The molecule has 1 nitrogen and oxygen atoms in total. The molecule has 0 spiro atoms. The van der Waals surface area contributed by atoms with Gasteiger partial charge < -0.3 is 4.57 Å². The highest BCUT2D eigenvalue weighted by atomic mass is 28.3. The molecule has 0 N–H and O–H groups in total. The van der Waals surface area contributed by atoms with Gasteiger partial charge in [-0.15, -0.1) is 6.58 Å². The van der Waals surface area contributed by atoms with Crippen LogP contribution in [-0.2, 0) is 0 Å². The second-order valence-electron chi connectivity index (χ2n) is 2.81. The summed E-state index contributed by atoms with van der Waals surface area (Å²) in [5.41, 5.74) is 2.13. The molecule has 0 aliphatic heterocycles. The van der Waals surface area contributed by atoms with Crippen molar-refractivity contribution in [3.8, 4) is 0 Å². The summed E-state index contributed by atoms with van der Waals surface area (Å²) in [6, 6.07) is 1.25. The lowest BCUT2D eigenvalue weighted by Crippen LogP contribution is -2.43. The monoisotopic (exact) mass is 143 g/mol. The molecule has 0 saturated heterocycles. The Morgan fingerprint density at radius 2 is 2.00 bits per heavy atom. The lowest BCUT2D eigenvalue weighted by Gasteiger charge is -2.29. The van der Waals surface area contributed by atoms with Crippen LogP contribution in [0.4, 0.5) is 0 Å². The van der Waals surface area contributed by atoms with Gasteiger partial charge in [0.05, 0.1) is 0 Å². The van der Waals surface area contributed by atoms with Crippen LogP contribution in [0.2, 0.25) is 12.6 Å². The van der Waals surface area contributed by atoms with Crippen LogP contribution < -0.4 is 0 Å². The van der Waals surface area contributed by atoms with Crippen LogP contribution in [0.15, 0.2) is 12.3 Å². The average Bonchev–Trinajstić information content (AvgIpc) is 1.86. The third-order valence-electron chi connectivity index (χ3n) is 2.18. The van der Waals surface area contributed by atoms with Gasteiger partial charge in [0, 0.05) is 0 Å². The van der Waals surface area contributed by atoms with Gasteiger partial charge in [0.1, 0.15) is 8.24 Å². The topological polar surface area (TPSA) is 3.24 Å². The van der Waals surface area contributed by atoms with E-state index >= 15 is 0 Å². The van der Waals surface area contributed by atoms with Crippen molar-refractivity contribution in [2.45, 2.75) is 19.5 Å². The standard InChI is InChI=1S/C7H17NSi/c1-6-9(5,7-2)8(3)4/h6H,1,7H2,2-5H3. The molecular formula is C7H17NSi. The van der Waals surface area contributed by atoms with Gasteiger partial charge >= 0.3 is 0 Å². The fourth-order valence-electron chi connectivity index (χ4n) is 0.643. The Balaban J connectivity index is 4.08.